The van der Waals surface area contributed by atoms with Gasteiger partial charge in [0, 0.05) is 25.9 Å². The van der Waals surface area contributed by atoms with E-state index in [4.69, 9.17) is 4.74 Å². The second kappa shape index (κ2) is 7.41. The Hall–Kier alpha value is -1.62. The third kappa shape index (κ3) is 4.43. The van der Waals surface area contributed by atoms with Gasteiger partial charge < -0.3 is 14.7 Å². The molecule has 1 fully saturated rings. The zero-order valence-corrected chi connectivity index (χ0v) is 12.8. The van der Waals surface area contributed by atoms with Crippen molar-refractivity contribution in [1.29, 1.82) is 0 Å². The maximum Gasteiger partial charge on any atom is 0.335 e. The Morgan fingerprint density at radius 3 is 2.90 bits per heavy atom. The maximum absolute atomic E-state index is 11.3. The van der Waals surface area contributed by atoms with E-state index in [2.05, 4.69) is 11.9 Å². The van der Waals surface area contributed by atoms with Crippen LogP contribution in [0, 0.1) is 0 Å². The molecule has 116 valence electrons. The lowest BCUT2D eigenvalue weighted by Crippen LogP contribution is -2.34. The van der Waals surface area contributed by atoms with E-state index in [0.717, 1.165) is 44.5 Å². The molecule has 0 saturated carbocycles. The van der Waals surface area contributed by atoms with E-state index >= 15 is 0 Å². The number of carbonyl (C=O) groups is 1. The van der Waals surface area contributed by atoms with Gasteiger partial charge in [-0.05, 0) is 37.8 Å². The SMILES string of the molecule is CCCc1cc(C(=O)O)cc(N(C)CC2CCCCO2)n1. The number of likely N-dealkylation sites (N-methyl/N-ethyl adjacent to an activating group) is 1. The van der Waals surface area contributed by atoms with Crippen LogP contribution >= 0.6 is 0 Å². The topological polar surface area (TPSA) is 62.7 Å². The molecule has 0 aromatic carbocycles. The van der Waals surface area contributed by atoms with Gasteiger partial charge in [-0.1, -0.05) is 13.3 Å². The Bertz CT molecular complexity index is 484. The first kappa shape index (κ1) is 15.8. The van der Waals surface area contributed by atoms with Crippen molar-refractivity contribution in [2.24, 2.45) is 0 Å². The van der Waals surface area contributed by atoms with Gasteiger partial charge >= 0.3 is 5.97 Å². The highest BCUT2D eigenvalue weighted by Gasteiger charge is 2.18. The smallest absolute Gasteiger partial charge is 0.335 e. The van der Waals surface area contributed by atoms with Gasteiger partial charge in [0.15, 0.2) is 0 Å². The Labute approximate surface area is 125 Å². The molecular formula is C16H24N2O3. The number of rotatable bonds is 6. The molecule has 1 N–H and O–H groups in total. The lowest BCUT2D eigenvalue weighted by molar-refractivity contribution is 0.0215. The summed E-state index contributed by atoms with van der Waals surface area (Å²) in [5.74, 6) is -0.189. The molecule has 1 aliphatic rings. The zero-order valence-electron chi connectivity index (χ0n) is 12.8. The molecule has 1 aromatic rings. The average molecular weight is 292 g/mol. The fourth-order valence-electron chi connectivity index (χ4n) is 2.63. The summed E-state index contributed by atoms with van der Waals surface area (Å²) in [6, 6.07) is 3.31. The summed E-state index contributed by atoms with van der Waals surface area (Å²) < 4.78 is 5.74. The van der Waals surface area contributed by atoms with Crippen molar-refractivity contribution >= 4 is 11.8 Å². The Balaban J connectivity index is 2.13. The van der Waals surface area contributed by atoms with Crippen molar-refractivity contribution in [2.75, 3.05) is 25.1 Å². The molecular weight excluding hydrogens is 268 g/mol. The number of hydrogen-bond acceptors (Lipinski definition) is 4. The lowest BCUT2D eigenvalue weighted by Gasteiger charge is -2.28. The van der Waals surface area contributed by atoms with Crippen molar-refractivity contribution in [3.05, 3.63) is 23.4 Å². The number of ether oxygens (including phenoxy) is 1. The monoisotopic (exact) mass is 292 g/mol. The second-order valence-electron chi connectivity index (χ2n) is 5.63. The van der Waals surface area contributed by atoms with E-state index in [9.17, 15) is 9.90 Å². The Morgan fingerprint density at radius 2 is 2.29 bits per heavy atom. The fraction of sp³-hybridized carbons (Fsp3) is 0.625. The number of carboxylic acids is 1. The molecule has 1 aliphatic heterocycles. The van der Waals surface area contributed by atoms with Crippen molar-refractivity contribution in [1.82, 2.24) is 4.98 Å². The first-order valence-corrected chi connectivity index (χ1v) is 7.67. The predicted molar refractivity (Wildman–Crippen MR) is 82.1 cm³/mol. The first-order chi connectivity index (χ1) is 10.1. The van der Waals surface area contributed by atoms with Crippen LogP contribution in [0.3, 0.4) is 0 Å². The van der Waals surface area contributed by atoms with Crippen LogP contribution in [-0.2, 0) is 11.2 Å². The summed E-state index contributed by atoms with van der Waals surface area (Å²) in [6.45, 7) is 3.64. The van der Waals surface area contributed by atoms with Gasteiger partial charge in [0.1, 0.15) is 5.82 Å². The molecule has 5 heteroatoms. The summed E-state index contributed by atoms with van der Waals surface area (Å²) in [5, 5.41) is 9.23. The zero-order chi connectivity index (χ0) is 15.2. The van der Waals surface area contributed by atoms with Crippen LogP contribution in [-0.4, -0.2) is 42.4 Å². The van der Waals surface area contributed by atoms with Crippen molar-refractivity contribution < 1.29 is 14.6 Å². The summed E-state index contributed by atoms with van der Waals surface area (Å²) >= 11 is 0. The number of aromatic carboxylic acids is 1. The van der Waals surface area contributed by atoms with E-state index in [1.165, 1.54) is 6.42 Å². The number of carboxylic acid groups (broad SMARTS) is 1. The molecule has 0 aliphatic carbocycles. The van der Waals surface area contributed by atoms with Gasteiger partial charge in [0.05, 0.1) is 11.7 Å². The molecule has 2 rings (SSSR count). The second-order valence-corrected chi connectivity index (χ2v) is 5.63. The highest BCUT2D eigenvalue weighted by Crippen LogP contribution is 2.19. The normalized spacial score (nSPS) is 18.5. The van der Waals surface area contributed by atoms with E-state index in [1.807, 2.05) is 11.9 Å². The van der Waals surface area contributed by atoms with Crippen molar-refractivity contribution in [3.63, 3.8) is 0 Å². The first-order valence-electron chi connectivity index (χ1n) is 7.67. The fourth-order valence-corrected chi connectivity index (χ4v) is 2.63. The summed E-state index contributed by atoms with van der Waals surface area (Å²) in [7, 11) is 1.95. The number of hydrogen-bond donors (Lipinski definition) is 1. The van der Waals surface area contributed by atoms with E-state index in [0.29, 0.717) is 11.4 Å². The number of aryl methyl sites for hydroxylation is 1. The van der Waals surface area contributed by atoms with Crippen LogP contribution in [0.15, 0.2) is 12.1 Å². The standard InChI is InChI=1S/C16H24N2O3/c1-3-6-13-9-12(16(19)20)10-15(17-13)18(2)11-14-7-4-5-8-21-14/h9-10,14H,3-8,11H2,1-2H3,(H,19,20). The van der Waals surface area contributed by atoms with Crippen LogP contribution in [0.2, 0.25) is 0 Å². The summed E-state index contributed by atoms with van der Waals surface area (Å²) in [6.07, 6.45) is 5.35. The molecule has 5 nitrogen and oxygen atoms in total. The Kier molecular flexibility index (Phi) is 5.56. The Morgan fingerprint density at radius 1 is 1.48 bits per heavy atom. The molecule has 0 spiro atoms. The summed E-state index contributed by atoms with van der Waals surface area (Å²) in [4.78, 5) is 17.8. The number of anilines is 1. The highest BCUT2D eigenvalue weighted by atomic mass is 16.5. The minimum Gasteiger partial charge on any atom is -0.478 e. The van der Waals surface area contributed by atoms with Gasteiger partial charge in [0.25, 0.3) is 0 Å². The molecule has 0 amide bonds. The van der Waals surface area contributed by atoms with Crippen LogP contribution in [0.1, 0.15) is 48.7 Å². The van der Waals surface area contributed by atoms with Gasteiger partial charge in [-0.25, -0.2) is 9.78 Å². The van der Waals surface area contributed by atoms with Gasteiger partial charge in [-0.3, -0.25) is 0 Å². The predicted octanol–water partition coefficient (Wildman–Crippen LogP) is 2.74. The largest absolute Gasteiger partial charge is 0.478 e. The average Bonchev–Trinajstić information content (AvgIpc) is 2.48. The number of pyridine rings is 1. The molecule has 0 radical (unpaired) electrons. The maximum atomic E-state index is 11.3. The van der Waals surface area contributed by atoms with E-state index < -0.39 is 5.97 Å². The van der Waals surface area contributed by atoms with Crippen LogP contribution < -0.4 is 4.90 Å². The quantitative estimate of drug-likeness (QED) is 0.873. The number of nitrogens with zero attached hydrogens (tertiary/aromatic N) is 2. The molecule has 1 saturated heterocycles. The molecule has 1 unspecified atom stereocenters. The summed E-state index contributed by atoms with van der Waals surface area (Å²) in [5.41, 5.74) is 1.14. The van der Waals surface area contributed by atoms with Gasteiger partial charge in [0.2, 0.25) is 0 Å². The molecule has 2 heterocycles. The van der Waals surface area contributed by atoms with E-state index in [1.54, 1.807) is 12.1 Å². The minimum atomic E-state index is -0.904. The highest BCUT2D eigenvalue weighted by molar-refractivity contribution is 5.88. The van der Waals surface area contributed by atoms with Crippen LogP contribution in [0.25, 0.3) is 0 Å². The molecule has 1 atom stereocenters. The third-order valence-corrected chi connectivity index (χ3v) is 3.76. The van der Waals surface area contributed by atoms with Crippen LogP contribution in [0.4, 0.5) is 5.82 Å². The lowest BCUT2D eigenvalue weighted by atomic mass is 10.1. The van der Waals surface area contributed by atoms with E-state index in [-0.39, 0.29) is 6.10 Å². The third-order valence-electron chi connectivity index (χ3n) is 3.76. The molecule has 21 heavy (non-hydrogen) atoms. The molecule has 0 bridgehead atoms. The van der Waals surface area contributed by atoms with Gasteiger partial charge in [-0.15, -0.1) is 0 Å². The minimum absolute atomic E-state index is 0.216. The molecule has 1 aromatic heterocycles. The van der Waals surface area contributed by atoms with Crippen molar-refractivity contribution in [2.45, 2.75) is 45.1 Å². The van der Waals surface area contributed by atoms with Gasteiger partial charge in [-0.2, -0.15) is 0 Å². The number of aromatic nitrogens is 1. The van der Waals surface area contributed by atoms with Crippen molar-refractivity contribution in [3.8, 4) is 0 Å². The van der Waals surface area contributed by atoms with Crippen LogP contribution in [0.5, 0.6) is 0 Å².